The third-order valence-electron chi connectivity index (χ3n) is 2.47. The standard InChI is InChI=1S/C13H9ClF4N2/c14-9-3-8(4-10(15)5-9)6-19-11-1-2-12(20-7-11)13(16,17)18/h1-5,7,19H,6H2. The molecule has 0 unspecified atom stereocenters. The summed E-state index contributed by atoms with van der Waals surface area (Å²) in [5.41, 5.74) is 0.0186. The Labute approximate surface area is 117 Å². The molecule has 1 aromatic heterocycles. The molecule has 2 rings (SSSR count). The van der Waals surface area contributed by atoms with E-state index in [-0.39, 0.29) is 11.6 Å². The van der Waals surface area contributed by atoms with Gasteiger partial charge in [-0.05, 0) is 35.9 Å². The summed E-state index contributed by atoms with van der Waals surface area (Å²) in [5.74, 6) is -0.472. The van der Waals surface area contributed by atoms with Crippen LogP contribution in [-0.2, 0) is 12.7 Å². The Balaban J connectivity index is 2.04. The fourth-order valence-electron chi connectivity index (χ4n) is 1.58. The zero-order chi connectivity index (χ0) is 14.8. The Morgan fingerprint density at radius 1 is 1.15 bits per heavy atom. The van der Waals surface area contributed by atoms with Gasteiger partial charge in [-0.1, -0.05) is 11.6 Å². The summed E-state index contributed by atoms with van der Waals surface area (Å²) >= 11 is 5.70. The van der Waals surface area contributed by atoms with Gasteiger partial charge in [0.05, 0.1) is 11.9 Å². The lowest BCUT2D eigenvalue weighted by Crippen LogP contribution is -2.08. The molecule has 0 saturated carbocycles. The number of nitrogens with one attached hydrogen (secondary N) is 1. The second-order valence-electron chi connectivity index (χ2n) is 4.06. The number of halogens is 5. The van der Waals surface area contributed by atoms with Crippen LogP contribution in [0.25, 0.3) is 0 Å². The van der Waals surface area contributed by atoms with Gasteiger partial charge >= 0.3 is 6.18 Å². The number of nitrogens with zero attached hydrogens (tertiary/aromatic N) is 1. The molecular formula is C13H9ClF4N2. The van der Waals surface area contributed by atoms with E-state index in [1.165, 1.54) is 18.2 Å². The zero-order valence-corrected chi connectivity index (χ0v) is 10.8. The third-order valence-corrected chi connectivity index (χ3v) is 2.69. The monoisotopic (exact) mass is 304 g/mol. The summed E-state index contributed by atoms with van der Waals surface area (Å²) in [4.78, 5) is 3.31. The first-order valence-corrected chi connectivity index (χ1v) is 5.94. The zero-order valence-electron chi connectivity index (χ0n) is 10.0. The van der Waals surface area contributed by atoms with Crippen LogP contribution in [0, 0.1) is 5.82 Å². The maximum Gasteiger partial charge on any atom is 0.433 e. The Bertz CT molecular complexity index is 576. The van der Waals surface area contributed by atoms with Gasteiger partial charge in [-0.25, -0.2) is 9.37 Å². The summed E-state index contributed by atoms with van der Waals surface area (Å²) < 4.78 is 50.0. The predicted molar refractivity (Wildman–Crippen MR) is 68.0 cm³/mol. The van der Waals surface area contributed by atoms with Crippen molar-refractivity contribution >= 4 is 17.3 Å². The van der Waals surface area contributed by atoms with Gasteiger partial charge < -0.3 is 5.32 Å². The van der Waals surface area contributed by atoms with Crippen LogP contribution in [0.2, 0.25) is 5.02 Å². The number of benzene rings is 1. The van der Waals surface area contributed by atoms with Crippen LogP contribution < -0.4 is 5.32 Å². The van der Waals surface area contributed by atoms with E-state index in [1.807, 2.05) is 0 Å². The summed E-state index contributed by atoms with van der Waals surface area (Å²) in [6.45, 7) is 0.227. The predicted octanol–water partition coefficient (Wildman–Crippen LogP) is 4.51. The molecule has 1 N–H and O–H groups in total. The Hall–Kier alpha value is -1.82. The lowest BCUT2D eigenvalue weighted by molar-refractivity contribution is -0.141. The average molecular weight is 305 g/mol. The van der Waals surface area contributed by atoms with Gasteiger partial charge in [-0.3, -0.25) is 0 Å². The highest BCUT2D eigenvalue weighted by Crippen LogP contribution is 2.27. The summed E-state index contributed by atoms with van der Waals surface area (Å²) in [5, 5.41) is 3.10. The van der Waals surface area contributed by atoms with Crippen molar-refractivity contribution in [2.75, 3.05) is 5.32 Å². The Kier molecular flexibility index (Phi) is 4.13. The molecule has 0 spiro atoms. The highest BCUT2D eigenvalue weighted by Gasteiger charge is 2.31. The van der Waals surface area contributed by atoms with Crippen LogP contribution in [-0.4, -0.2) is 4.98 Å². The van der Waals surface area contributed by atoms with E-state index in [4.69, 9.17) is 11.6 Å². The maximum atomic E-state index is 13.1. The quantitative estimate of drug-likeness (QED) is 0.844. The van der Waals surface area contributed by atoms with Crippen molar-refractivity contribution < 1.29 is 17.6 Å². The molecule has 20 heavy (non-hydrogen) atoms. The van der Waals surface area contributed by atoms with Crippen molar-refractivity contribution in [3.63, 3.8) is 0 Å². The number of anilines is 1. The average Bonchev–Trinajstić information content (AvgIpc) is 2.35. The fraction of sp³-hybridized carbons (Fsp3) is 0.154. The number of hydrogen-bond donors (Lipinski definition) is 1. The van der Waals surface area contributed by atoms with E-state index in [0.29, 0.717) is 11.3 Å². The molecule has 0 atom stereocenters. The van der Waals surface area contributed by atoms with Gasteiger partial charge in [-0.15, -0.1) is 0 Å². The van der Waals surface area contributed by atoms with E-state index in [0.717, 1.165) is 12.3 Å². The molecule has 106 valence electrons. The number of aromatic nitrogens is 1. The lowest BCUT2D eigenvalue weighted by Gasteiger charge is -2.09. The second-order valence-corrected chi connectivity index (χ2v) is 4.50. The van der Waals surface area contributed by atoms with Gasteiger partial charge in [-0.2, -0.15) is 13.2 Å². The number of alkyl halides is 3. The van der Waals surface area contributed by atoms with E-state index in [9.17, 15) is 17.6 Å². The summed E-state index contributed by atoms with van der Waals surface area (Å²) in [6, 6.07) is 6.16. The number of pyridine rings is 1. The minimum absolute atomic E-state index is 0.227. The van der Waals surface area contributed by atoms with E-state index in [1.54, 1.807) is 6.07 Å². The highest BCUT2D eigenvalue weighted by atomic mass is 35.5. The van der Waals surface area contributed by atoms with Gasteiger partial charge in [0.1, 0.15) is 11.5 Å². The molecule has 0 radical (unpaired) electrons. The van der Waals surface area contributed by atoms with Crippen LogP contribution in [0.4, 0.5) is 23.2 Å². The minimum atomic E-state index is -4.46. The molecule has 0 amide bonds. The second kappa shape index (κ2) is 5.66. The first-order valence-electron chi connectivity index (χ1n) is 5.57. The largest absolute Gasteiger partial charge is 0.433 e. The van der Waals surface area contributed by atoms with Crippen molar-refractivity contribution in [3.8, 4) is 0 Å². The molecule has 2 nitrogen and oxygen atoms in total. The molecule has 0 aliphatic heterocycles. The minimum Gasteiger partial charge on any atom is -0.380 e. The molecule has 1 heterocycles. The molecule has 2 aromatic rings. The Morgan fingerprint density at radius 2 is 1.90 bits per heavy atom. The van der Waals surface area contributed by atoms with Crippen molar-refractivity contribution in [2.45, 2.75) is 12.7 Å². The molecule has 0 saturated heterocycles. The summed E-state index contributed by atoms with van der Waals surface area (Å²) in [7, 11) is 0. The number of hydrogen-bond acceptors (Lipinski definition) is 2. The van der Waals surface area contributed by atoms with Crippen molar-refractivity contribution in [3.05, 3.63) is 58.6 Å². The number of rotatable bonds is 3. The maximum absolute atomic E-state index is 13.1. The first-order chi connectivity index (χ1) is 9.34. The highest BCUT2D eigenvalue weighted by molar-refractivity contribution is 6.30. The Morgan fingerprint density at radius 3 is 2.45 bits per heavy atom. The molecular weight excluding hydrogens is 296 g/mol. The SMILES string of the molecule is Fc1cc(Cl)cc(CNc2ccc(C(F)(F)F)nc2)c1. The van der Waals surface area contributed by atoms with Gasteiger partial charge in [0, 0.05) is 11.6 Å². The van der Waals surface area contributed by atoms with Gasteiger partial charge in [0.25, 0.3) is 0 Å². The van der Waals surface area contributed by atoms with Crippen LogP contribution in [0.5, 0.6) is 0 Å². The topological polar surface area (TPSA) is 24.9 Å². The van der Waals surface area contributed by atoms with Crippen LogP contribution >= 0.6 is 11.6 Å². The molecule has 7 heteroatoms. The van der Waals surface area contributed by atoms with Crippen LogP contribution in [0.3, 0.4) is 0 Å². The lowest BCUT2D eigenvalue weighted by atomic mass is 10.2. The summed E-state index contributed by atoms with van der Waals surface area (Å²) in [6.07, 6.45) is -3.39. The van der Waals surface area contributed by atoms with Crippen molar-refractivity contribution in [2.24, 2.45) is 0 Å². The third kappa shape index (κ3) is 3.84. The molecule has 0 fully saturated rings. The van der Waals surface area contributed by atoms with Crippen LogP contribution in [0.1, 0.15) is 11.3 Å². The first kappa shape index (κ1) is 14.6. The normalized spacial score (nSPS) is 11.4. The molecule has 0 aliphatic rings. The van der Waals surface area contributed by atoms with Crippen LogP contribution in [0.15, 0.2) is 36.5 Å². The van der Waals surface area contributed by atoms with Crippen molar-refractivity contribution in [1.29, 1.82) is 0 Å². The van der Waals surface area contributed by atoms with Crippen molar-refractivity contribution in [1.82, 2.24) is 4.98 Å². The van der Waals surface area contributed by atoms with E-state index in [2.05, 4.69) is 10.3 Å². The van der Waals surface area contributed by atoms with Gasteiger partial charge in [0.15, 0.2) is 0 Å². The molecule has 0 bridgehead atoms. The van der Waals surface area contributed by atoms with E-state index >= 15 is 0 Å². The smallest absolute Gasteiger partial charge is 0.380 e. The molecule has 0 aliphatic carbocycles. The van der Waals surface area contributed by atoms with E-state index < -0.39 is 17.7 Å². The molecule has 1 aromatic carbocycles. The van der Waals surface area contributed by atoms with Gasteiger partial charge in [0.2, 0.25) is 0 Å². The fourth-order valence-corrected chi connectivity index (χ4v) is 1.83.